The van der Waals surface area contributed by atoms with Crippen LogP contribution in [0.3, 0.4) is 0 Å². The molecule has 0 heterocycles. The average Bonchev–Trinajstić information content (AvgIpc) is 2.51. The molecule has 1 aliphatic carbocycles. The molecular weight excluding hydrogens is 278 g/mol. The van der Waals surface area contributed by atoms with Crippen LogP contribution in [0, 0.1) is 13.8 Å². The van der Waals surface area contributed by atoms with Crippen LogP contribution >= 0.6 is 0 Å². The molecule has 0 saturated heterocycles. The third-order valence-electron chi connectivity index (χ3n) is 4.75. The van der Waals surface area contributed by atoms with Gasteiger partial charge in [-0.2, -0.15) is 0 Å². The summed E-state index contributed by atoms with van der Waals surface area (Å²) in [5.74, 6) is 0.672. The van der Waals surface area contributed by atoms with Gasteiger partial charge in [-0.25, -0.2) is 0 Å². The van der Waals surface area contributed by atoms with Crippen molar-refractivity contribution in [2.24, 2.45) is 0 Å². The number of carbonyl (C=O) groups excluding carboxylic acids is 1. The topological polar surface area (TPSA) is 49.8 Å². The number of aryl methyl sites for hydroxylation is 1. The Hall–Kier alpha value is -1.55. The smallest absolute Gasteiger partial charge is 0.263 e. The van der Waals surface area contributed by atoms with Gasteiger partial charge in [-0.3, -0.25) is 4.79 Å². The van der Waals surface area contributed by atoms with Crippen molar-refractivity contribution < 1.29 is 14.6 Å². The van der Waals surface area contributed by atoms with Gasteiger partial charge in [0.25, 0.3) is 5.91 Å². The second-order valence-electron chi connectivity index (χ2n) is 6.33. The maximum absolute atomic E-state index is 12.6. The highest BCUT2D eigenvalue weighted by molar-refractivity contribution is 5.81. The van der Waals surface area contributed by atoms with Gasteiger partial charge in [0, 0.05) is 7.05 Å². The second-order valence-corrected chi connectivity index (χ2v) is 6.33. The van der Waals surface area contributed by atoms with E-state index in [0.29, 0.717) is 0 Å². The summed E-state index contributed by atoms with van der Waals surface area (Å²) in [5, 5.41) is 10.1. The van der Waals surface area contributed by atoms with Crippen molar-refractivity contribution in [1.82, 2.24) is 4.90 Å². The summed E-state index contributed by atoms with van der Waals surface area (Å²) in [6.45, 7) is 5.80. The van der Waals surface area contributed by atoms with E-state index in [1.54, 1.807) is 18.9 Å². The van der Waals surface area contributed by atoms with E-state index in [4.69, 9.17) is 4.74 Å². The van der Waals surface area contributed by atoms with Crippen LogP contribution in [-0.4, -0.2) is 41.2 Å². The SMILES string of the molecule is Cc1cccc(O[C@H](C)C(=O)N(C)[C@@H]2CCCC[C@H]2O)c1C. The maximum atomic E-state index is 12.6. The van der Waals surface area contributed by atoms with Crippen molar-refractivity contribution in [1.29, 1.82) is 0 Å². The quantitative estimate of drug-likeness (QED) is 0.930. The fourth-order valence-electron chi connectivity index (χ4n) is 3.09. The molecule has 122 valence electrons. The first-order chi connectivity index (χ1) is 10.4. The number of ether oxygens (including phenoxy) is 1. The summed E-state index contributed by atoms with van der Waals surface area (Å²) in [4.78, 5) is 14.2. The molecule has 22 heavy (non-hydrogen) atoms. The number of carbonyl (C=O) groups is 1. The molecule has 1 saturated carbocycles. The number of hydrogen-bond acceptors (Lipinski definition) is 3. The number of aliphatic hydroxyl groups is 1. The van der Waals surface area contributed by atoms with E-state index in [-0.39, 0.29) is 11.9 Å². The zero-order valence-corrected chi connectivity index (χ0v) is 14.0. The Labute approximate surface area is 133 Å². The van der Waals surface area contributed by atoms with Crippen molar-refractivity contribution in [2.75, 3.05) is 7.05 Å². The lowest BCUT2D eigenvalue weighted by atomic mass is 9.91. The molecule has 2 rings (SSSR count). The molecule has 1 aromatic carbocycles. The third kappa shape index (κ3) is 3.61. The van der Waals surface area contributed by atoms with Crippen LogP contribution < -0.4 is 4.74 Å². The van der Waals surface area contributed by atoms with E-state index in [9.17, 15) is 9.90 Å². The van der Waals surface area contributed by atoms with E-state index in [0.717, 1.165) is 42.6 Å². The largest absolute Gasteiger partial charge is 0.481 e. The van der Waals surface area contributed by atoms with Gasteiger partial charge in [-0.1, -0.05) is 25.0 Å². The molecule has 0 radical (unpaired) electrons. The summed E-state index contributed by atoms with van der Waals surface area (Å²) in [5.41, 5.74) is 2.20. The Morgan fingerprint density at radius 2 is 2.00 bits per heavy atom. The monoisotopic (exact) mass is 305 g/mol. The van der Waals surface area contributed by atoms with Gasteiger partial charge in [-0.15, -0.1) is 0 Å². The maximum Gasteiger partial charge on any atom is 0.263 e. The highest BCUT2D eigenvalue weighted by Gasteiger charge is 2.32. The minimum Gasteiger partial charge on any atom is -0.481 e. The molecule has 1 fully saturated rings. The first-order valence-electron chi connectivity index (χ1n) is 8.09. The van der Waals surface area contributed by atoms with Gasteiger partial charge in [0.1, 0.15) is 5.75 Å². The minimum atomic E-state index is -0.556. The van der Waals surface area contributed by atoms with Gasteiger partial charge in [0.15, 0.2) is 6.10 Å². The van der Waals surface area contributed by atoms with Crippen LogP contribution in [0.2, 0.25) is 0 Å². The van der Waals surface area contributed by atoms with E-state index in [1.807, 2.05) is 32.0 Å². The Kier molecular flexibility index (Phi) is 5.46. The van der Waals surface area contributed by atoms with Crippen LogP contribution in [0.15, 0.2) is 18.2 Å². The van der Waals surface area contributed by atoms with E-state index >= 15 is 0 Å². The van der Waals surface area contributed by atoms with Gasteiger partial charge in [0.05, 0.1) is 12.1 Å². The number of hydrogen-bond donors (Lipinski definition) is 1. The van der Waals surface area contributed by atoms with Crippen LogP contribution in [-0.2, 0) is 4.79 Å². The summed E-state index contributed by atoms with van der Waals surface area (Å²) in [6, 6.07) is 5.76. The Bertz CT molecular complexity index is 529. The number of aliphatic hydroxyl groups excluding tert-OH is 1. The predicted octanol–water partition coefficient (Wildman–Crippen LogP) is 2.83. The lowest BCUT2D eigenvalue weighted by Gasteiger charge is -2.36. The summed E-state index contributed by atoms with van der Waals surface area (Å²) >= 11 is 0. The molecule has 3 atom stereocenters. The molecule has 1 aromatic rings. The molecule has 0 aliphatic heterocycles. The Morgan fingerprint density at radius 1 is 1.32 bits per heavy atom. The van der Waals surface area contributed by atoms with E-state index in [2.05, 4.69) is 0 Å². The Morgan fingerprint density at radius 3 is 2.68 bits per heavy atom. The molecule has 4 nitrogen and oxygen atoms in total. The highest BCUT2D eigenvalue weighted by atomic mass is 16.5. The van der Waals surface area contributed by atoms with Crippen molar-refractivity contribution in [3.8, 4) is 5.75 Å². The van der Waals surface area contributed by atoms with Crippen molar-refractivity contribution in [2.45, 2.75) is 64.7 Å². The Balaban J connectivity index is 2.03. The molecule has 1 amide bonds. The number of nitrogens with zero attached hydrogens (tertiary/aromatic N) is 1. The van der Waals surface area contributed by atoms with Gasteiger partial charge in [0.2, 0.25) is 0 Å². The zero-order chi connectivity index (χ0) is 16.3. The average molecular weight is 305 g/mol. The predicted molar refractivity (Wildman–Crippen MR) is 87.0 cm³/mol. The highest BCUT2D eigenvalue weighted by Crippen LogP contribution is 2.25. The molecule has 1 aliphatic rings. The molecule has 4 heteroatoms. The number of benzene rings is 1. The molecular formula is C18H27NO3. The van der Waals surface area contributed by atoms with Crippen molar-refractivity contribution in [3.05, 3.63) is 29.3 Å². The zero-order valence-electron chi connectivity index (χ0n) is 14.0. The van der Waals surface area contributed by atoms with Crippen LogP contribution in [0.5, 0.6) is 5.75 Å². The summed E-state index contributed by atoms with van der Waals surface area (Å²) < 4.78 is 5.86. The number of likely N-dealkylation sites (N-methyl/N-ethyl adjacent to an activating group) is 1. The summed E-state index contributed by atoms with van der Waals surface area (Å²) in [6.07, 6.45) is 2.75. The molecule has 1 N–H and O–H groups in total. The number of amides is 1. The van der Waals surface area contributed by atoms with Crippen LogP contribution in [0.25, 0.3) is 0 Å². The van der Waals surface area contributed by atoms with Crippen LogP contribution in [0.1, 0.15) is 43.7 Å². The van der Waals surface area contributed by atoms with Gasteiger partial charge < -0.3 is 14.7 Å². The van der Waals surface area contributed by atoms with Crippen LogP contribution in [0.4, 0.5) is 0 Å². The first kappa shape index (κ1) is 16.8. The van der Waals surface area contributed by atoms with Gasteiger partial charge >= 0.3 is 0 Å². The normalized spacial score (nSPS) is 23.0. The fourth-order valence-corrected chi connectivity index (χ4v) is 3.09. The van der Waals surface area contributed by atoms with Gasteiger partial charge in [-0.05, 0) is 50.8 Å². The van der Waals surface area contributed by atoms with E-state index in [1.165, 1.54) is 0 Å². The minimum absolute atomic E-state index is 0.0770. The second kappa shape index (κ2) is 7.14. The lowest BCUT2D eigenvalue weighted by molar-refractivity contribution is -0.142. The van der Waals surface area contributed by atoms with Crippen molar-refractivity contribution >= 4 is 5.91 Å². The standard InChI is InChI=1S/C18H27NO3/c1-12-8-7-11-17(13(12)2)22-14(3)18(21)19(4)15-9-5-6-10-16(15)20/h7-8,11,14-16,20H,5-6,9-10H2,1-4H3/t14-,15-,16-/m1/s1. The summed E-state index contributed by atoms with van der Waals surface area (Å²) in [7, 11) is 1.77. The number of rotatable bonds is 4. The fraction of sp³-hybridized carbons (Fsp3) is 0.611. The molecule has 0 unspecified atom stereocenters. The van der Waals surface area contributed by atoms with E-state index < -0.39 is 12.2 Å². The molecule has 0 aromatic heterocycles. The third-order valence-corrected chi connectivity index (χ3v) is 4.75. The lowest BCUT2D eigenvalue weighted by Crippen LogP contribution is -2.50. The molecule has 0 spiro atoms. The van der Waals surface area contributed by atoms with Crippen molar-refractivity contribution in [3.63, 3.8) is 0 Å². The molecule has 0 bridgehead atoms. The first-order valence-corrected chi connectivity index (χ1v) is 8.09.